The van der Waals surface area contributed by atoms with Gasteiger partial charge in [0.1, 0.15) is 0 Å². The highest BCUT2D eigenvalue weighted by Gasteiger charge is 2.44. The lowest BCUT2D eigenvalue weighted by molar-refractivity contribution is -0.192. The summed E-state index contributed by atoms with van der Waals surface area (Å²) in [4.78, 5) is 11.4. The zero-order valence-corrected chi connectivity index (χ0v) is 18.4. The zero-order chi connectivity index (χ0) is 23.3. The van der Waals surface area contributed by atoms with Crippen LogP contribution in [0.15, 0.2) is 24.3 Å². The number of hydrogen-bond donors (Lipinski definition) is 2. The molecule has 2 saturated heterocycles. The van der Waals surface area contributed by atoms with E-state index in [1.165, 1.54) is 17.4 Å². The van der Waals surface area contributed by atoms with Crippen molar-refractivity contribution in [2.45, 2.75) is 44.9 Å². The number of nitrogens with zero attached hydrogens (tertiary/aromatic N) is 1. The minimum absolute atomic E-state index is 0.0467. The first-order valence-electron chi connectivity index (χ1n) is 9.94. The Morgan fingerprint density at radius 1 is 1.23 bits per heavy atom. The Morgan fingerprint density at radius 2 is 1.77 bits per heavy atom. The number of sulfonamides is 1. The Kier molecular flexibility index (Phi) is 8.48. The van der Waals surface area contributed by atoms with Gasteiger partial charge in [0, 0.05) is 13.2 Å². The summed E-state index contributed by atoms with van der Waals surface area (Å²) in [6.45, 7) is 6.32. The number of alkyl halides is 3. The van der Waals surface area contributed by atoms with Gasteiger partial charge in [0.15, 0.2) is 0 Å². The van der Waals surface area contributed by atoms with Crippen LogP contribution in [0.2, 0.25) is 0 Å². The van der Waals surface area contributed by atoms with Crippen LogP contribution in [0.25, 0.3) is 0 Å². The van der Waals surface area contributed by atoms with Gasteiger partial charge >= 0.3 is 12.1 Å². The molecule has 0 saturated carbocycles. The number of halogens is 3. The third kappa shape index (κ3) is 8.06. The van der Waals surface area contributed by atoms with Gasteiger partial charge in [-0.2, -0.15) is 13.2 Å². The number of rotatable bonds is 4. The van der Waals surface area contributed by atoms with Crippen molar-refractivity contribution in [3.05, 3.63) is 35.4 Å². The van der Waals surface area contributed by atoms with E-state index in [-0.39, 0.29) is 11.5 Å². The fraction of sp³-hybridized carbons (Fsp3) is 0.650. The zero-order valence-electron chi connectivity index (χ0n) is 17.6. The minimum Gasteiger partial charge on any atom is -0.475 e. The fourth-order valence-corrected chi connectivity index (χ4v) is 4.79. The van der Waals surface area contributed by atoms with Crippen molar-refractivity contribution < 1.29 is 36.2 Å². The van der Waals surface area contributed by atoms with Crippen molar-refractivity contribution >= 4 is 16.0 Å². The molecule has 2 aliphatic heterocycles. The third-order valence-electron chi connectivity index (χ3n) is 5.75. The summed E-state index contributed by atoms with van der Waals surface area (Å²) < 4.78 is 63.5. The number of piperidine rings is 1. The van der Waals surface area contributed by atoms with Gasteiger partial charge in [0.2, 0.25) is 10.0 Å². The summed E-state index contributed by atoms with van der Waals surface area (Å²) in [6, 6.07) is 8.61. The summed E-state index contributed by atoms with van der Waals surface area (Å²) in [6.07, 6.45) is -0.856. The number of carboxylic acid groups (broad SMARTS) is 1. The number of hydrogen-bond acceptors (Lipinski definition) is 5. The van der Waals surface area contributed by atoms with E-state index in [1.54, 1.807) is 0 Å². The first kappa shape index (κ1) is 25.6. The molecule has 1 spiro atoms. The summed E-state index contributed by atoms with van der Waals surface area (Å²) in [7, 11) is -3.21. The maximum Gasteiger partial charge on any atom is 0.490 e. The van der Waals surface area contributed by atoms with Gasteiger partial charge in [0.25, 0.3) is 0 Å². The Hall–Kier alpha value is -1.69. The normalized spacial score (nSPS) is 21.9. The lowest BCUT2D eigenvalue weighted by Gasteiger charge is -2.48. The number of aliphatic carboxylic acids is 1. The molecule has 1 atom stereocenters. The molecule has 2 N–H and O–H groups in total. The number of likely N-dealkylation sites (tertiary alicyclic amines) is 1. The molecular formula is C20H29F3N2O5S. The van der Waals surface area contributed by atoms with Crippen LogP contribution in [0.5, 0.6) is 0 Å². The molecular weight excluding hydrogens is 437 g/mol. The van der Waals surface area contributed by atoms with Crippen LogP contribution in [-0.4, -0.2) is 69.2 Å². The number of carboxylic acids is 1. The molecule has 1 aromatic rings. The standard InChI is InChI=1S/C18H28N2O3S.C2HF3O2/c1-15-3-5-16(6-4-15)13-20-10-7-18(8-11-20)9-12-23-14-17(18)19-24(2,21)22;3-2(4,5)1(6)7/h3-6,17,19H,7-14H2,1-2H3;(H,6,7). The highest BCUT2D eigenvalue weighted by molar-refractivity contribution is 7.88. The van der Waals surface area contributed by atoms with Crippen molar-refractivity contribution in [2.24, 2.45) is 5.41 Å². The van der Waals surface area contributed by atoms with Gasteiger partial charge < -0.3 is 9.84 Å². The molecule has 0 bridgehead atoms. The molecule has 1 aromatic carbocycles. The molecule has 2 fully saturated rings. The van der Waals surface area contributed by atoms with Crippen molar-refractivity contribution in [3.63, 3.8) is 0 Å². The first-order chi connectivity index (χ1) is 14.3. The van der Waals surface area contributed by atoms with Gasteiger partial charge in [-0.1, -0.05) is 29.8 Å². The maximum absolute atomic E-state index is 11.7. The van der Waals surface area contributed by atoms with Crippen LogP contribution in [0.1, 0.15) is 30.4 Å². The van der Waals surface area contributed by atoms with Gasteiger partial charge in [-0.3, -0.25) is 4.90 Å². The second-order valence-corrected chi connectivity index (χ2v) is 9.97. The molecule has 3 rings (SSSR count). The molecule has 2 aliphatic rings. The molecule has 11 heteroatoms. The van der Waals surface area contributed by atoms with Crippen molar-refractivity contribution in [3.8, 4) is 0 Å². The van der Waals surface area contributed by atoms with Crippen LogP contribution in [-0.2, 0) is 26.1 Å². The highest BCUT2D eigenvalue weighted by atomic mass is 32.2. The average molecular weight is 467 g/mol. The Balaban J connectivity index is 0.000000423. The van der Waals surface area contributed by atoms with Crippen molar-refractivity contribution in [2.75, 3.05) is 32.6 Å². The van der Waals surface area contributed by atoms with E-state index in [1.807, 2.05) is 0 Å². The molecule has 0 aliphatic carbocycles. The number of ether oxygens (including phenoxy) is 1. The summed E-state index contributed by atoms with van der Waals surface area (Å²) in [5.74, 6) is -2.76. The number of carbonyl (C=O) groups is 1. The minimum atomic E-state index is -5.08. The molecule has 0 radical (unpaired) electrons. The van der Waals surface area contributed by atoms with Crippen LogP contribution >= 0.6 is 0 Å². The van der Waals surface area contributed by atoms with E-state index < -0.39 is 22.2 Å². The molecule has 2 heterocycles. The van der Waals surface area contributed by atoms with E-state index >= 15 is 0 Å². The van der Waals surface area contributed by atoms with Crippen LogP contribution < -0.4 is 4.72 Å². The SMILES string of the molecule is Cc1ccc(CN2CCC3(CCOCC3NS(C)(=O)=O)CC2)cc1.O=C(O)C(F)(F)F. The number of benzene rings is 1. The molecule has 0 amide bonds. The predicted octanol–water partition coefficient (Wildman–Crippen LogP) is 2.55. The van der Waals surface area contributed by atoms with E-state index in [2.05, 4.69) is 40.8 Å². The first-order valence-corrected chi connectivity index (χ1v) is 11.8. The maximum atomic E-state index is 11.7. The molecule has 0 aromatic heterocycles. The van der Waals surface area contributed by atoms with E-state index in [0.29, 0.717) is 6.61 Å². The van der Waals surface area contributed by atoms with Crippen molar-refractivity contribution in [1.29, 1.82) is 0 Å². The van der Waals surface area contributed by atoms with E-state index in [9.17, 15) is 21.6 Å². The quantitative estimate of drug-likeness (QED) is 0.708. The Labute approximate surface area is 180 Å². The van der Waals surface area contributed by atoms with Crippen LogP contribution in [0.3, 0.4) is 0 Å². The summed E-state index contributed by atoms with van der Waals surface area (Å²) in [5.41, 5.74) is 2.67. The second-order valence-electron chi connectivity index (χ2n) is 8.19. The van der Waals surface area contributed by atoms with Crippen LogP contribution in [0.4, 0.5) is 13.2 Å². The predicted molar refractivity (Wildman–Crippen MR) is 109 cm³/mol. The van der Waals surface area contributed by atoms with E-state index in [4.69, 9.17) is 14.6 Å². The van der Waals surface area contributed by atoms with Gasteiger partial charge in [-0.25, -0.2) is 17.9 Å². The molecule has 31 heavy (non-hydrogen) atoms. The Morgan fingerprint density at radius 3 is 2.26 bits per heavy atom. The smallest absolute Gasteiger partial charge is 0.475 e. The summed E-state index contributed by atoms with van der Waals surface area (Å²) in [5, 5.41) is 7.12. The van der Waals surface area contributed by atoms with Crippen LogP contribution in [0, 0.1) is 12.3 Å². The topological polar surface area (TPSA) is 95.9 Å². The molecule has 1 unspecified atom stereocenters. The van der Waals surface area contributed by atoms with Gasteiger partial charge in [-0.05, 0) is 50.3 Å². The van der Waals surface area contributed by atoms with Crippen molar-refractivity contribution in [1.82, 2.24) is 9.62 Å². The summed E-state index contributed by atoms with van der Waals surface area (Å²) >= 11 is 0. The van der Waals surface area contributed by atoms with Gasteiger partial charge in [0.05, 0.1) is 18.9 Å². The fourth-order valence-electron chi connectivity index (χ4n) is 3.95. The van der Waals surface area contributed by atoms with E-state index in [0.717, 1.165) is 45.5 Å². The third-order valence-corrected chi connectivity index (χ3v) is 6.46. The lowest BCUT2D eigenvalue weighted by Crippen LogP contribution is -2.57. The monoisotopic (exact) mass is 466 g/mol. The lowest BCUT2D eigenvalue weighted by atomic mass is 9.69. The number of nitrogens with one attached hydrogen (secondary N) is 1. The average Bonchev–Trinajstić information content (AvgIpc) is 2.66. The molecule has 176 valence electrons. The number of aryl methyl sites for hydroxylation is 1. The molecule has 7 nitrogen and oxygen atoms in total. The largest absolute Gasteiger partial charge is 0.490 e. The highest BCUT2D eigenvalue weighted by Crippen LogP contribution is 2.41. The van der Waals surface area contributed by atoms with Gasteiger partial charge in [-0.15, -0.1) is 0 Å². The Bertz CT molecular complexity index is 835. The second kappa shape index (κ2) is 10.3.